The van der Waals surface area contributed by atoms with Gasteiger partial charge < -0.3 is 5.32 Å². The Morgan fingerprint density at radius 3 is 2.65 bits per heavy atom. The van der Waals surface area contributed by atoms with E-state index in [9.17, 15) is 4.79 Å². The van der Waals surface area contributed by atoms with E-state index in [-0.39, 0.29) is 11.2 Å². The van der Waals surface area contributed by atoms with Crippen LogP contribution in [-0.2, 0) is 4.79 Å². The summed E-state index contributed by atoms with van der Waals surface area (Å²) in [6.45, 7) is 2.84. The van der Waals surface area contributed by atoms with E-state index in [4.69, 9.17) is 0 Å². The maximum absolute atomic E-state index is 12.3. The highest BCUT2D eigenvalue weighted by atomic mass is 32.2. The first-order valence-electron chi connectivity index (χ1n) is 8.65. The molecule has 23 heavy (non-hydrogen) atoms. The normalized spacial score (nSPS) is 17.1. The van der Waals surface area contributed by atoms with Crippen molar-refractivity contribution < 1.29 is 4.79 Å². The number of fused-ring (bicyclic) bond motifs is 1. The van der Waals surface area contributed by atoms with Crippen molar-refractivity contribution in [3.63, 3.8) is 0 Å². The van der Waals surface area contributed by atoms with Crippen molar-refractivity contribution >= 4 is 28.4 Å². The van der Waals surface area contributed by atoms with Crippen LogP contribution in [-0.4, -0.2) is 17.7 Å². The van der Waals surface area contributed by atoms with Crippen molar-refractivity contribution in [1.29, 1.82) is 0 Å². The number of carbonyl (C=O) groups excluding carboxylic acids is 1. The van der Waals surface area contributed by atoms with E-state index in [1.165, 1.54) is 42.9 Å². The van der Waals surface area contributed by atoms with Gasteiger partial charge in [0.25, 0.3) is 0 Å². The Kier molecular flexibility index (Phi) is 5.60. The molecular formula is C20H25NOS. The molecule has 1 atom stereocenters. The van der Waals surface area contributed by atoms with E-state index >= 15 is 0 Å². The first kappa shape index (κ1) is 16.4. The molecule has 0 spiro atoms. The molecule has 1 unspecified atom stereocenters. The van der Waals surface area contributed by atoms with Gasteiger partial charge in [-0.05, 0) is 48.6 Å². The van der Waals surface area contributed by atoms with Crippen molar-refractivity contribution in [2.45, 2.75) is 49.2 Å². The van der Waals surface area contributed by atoms with Crippen LogP contribution in [0.3, 0.4) is 0 Å². The fourth-order valence-electron chi connectivity index (χ4n) is 3.28. The summed E-state index contributed by atoms with van der Waals surface area (Å²) in [5.41, 5.74) is 0. The lowest BCUT2D eigenvalue weighted by Crippen LogP contribution is -2.35. The van der Waals surface area contributed by atoms with E-state index in [1.807, 2.05) is 6.92 Å². The molecule has 122 valence electrons. The molecule has 0 heterocycles. The van der Waals surface area contributed by atoms with Gasteiger partial charge in [0.1, 0.15) is 0 Å². The zero-order chi connectivity index (χ0) is 16.1. The first-order chi connectivity index (χ1) is 11.2. The maximum atomic E-state index is 12.3. The minimum Gasteiger partial charge on any atom is -0.355 e. The molecule has 1 fully saturated rings. The van der Waals surface area contributed by atoms with Gasteiger partial charge in [-0.3, -0.25) is 4.79 Å². The minimum atomic E-state index is -0.0558. The van der Waals surface area contributed by atoms with Crippen molar-refractivity contribution in [3.8, 4) is 0 Å². The summed E-state index contributed by atoms with van der Waals surface area (Å²) in [5.74, 6) is 0.847. The molecule has 3 rings (SSSR count). The smallest absolute Gasteiger partial charge is 0.233 e. The lowest BCUT2D eigenvalue weighted by molar-refractivity contribution is -0.120. The minimum absolute atomic E-state index is 0.0558. The molecule has 2 aromatic carbocycles. The van der Waals surface area contributed by atoms with Crippen LogP contribution in [0.1, 0.15) is 39.0 Å². The summed E-state index contributed by atoms with van der Waals surface area (Å²) < 4.78 is 0. The summed E-state index contributed by atoms with van der Waals surface area (Å²) in [5, 5.41) is 5.56. The van der Waals surface area contributed by atoms with Gasteiger partial charge in [0.05, 0.1) is 5.25 Å². The molecule has 0 radical (unpaired) electrons. The standard InChI is InChI=1S/C20H25NOS/c1-15(20(22)21-14-16-7-3-2-4-8-16)23-19-12-11-17-9-5-6-10-18(17)13-19/h5-6,9-13,15-16H,2-4,7-8,14H2,1H3,(H,21,22). The molecule has 2 nitrogen and oxygen atoms in total. The third-order valence-corrected chi connectivity index (χ3v) is 5.79. The summed E-state index contributed by atoms with van der Waals surface area (Å²) in [6.07, 6.45) is 6.54. The quantitative estimate of drug-likeness (QED) is 0.782. The van der Waals surface area contributed by atoms with Gasteiger partial charge in [-0.25, -0.2) is 0 Å². The number of rotatable bonds is 5. The van der Waals surface area contributed by atoms with E-state index in [0.717, 1.165) is 11.4 Å². The van der Waals surface area contributed by atoms with Gasteiger partial charge in [-0.2, -0.15) is 0 Å². The average molecular weight is 327 g/mol. The number of hydrogen-bond donors (Lipinski definition) is 1. The number of thioether (sulfide) groups is 1. The second-order valence-electron chi connectivity index (χ2n) is 6.52. The summed E-state index contributed by atoms with van der Waals surface area (Å²) in [7, 11) is 0. The SMILES string of the molecule is CC(Sc1ccc2ccccc2c1)C(=O)NCC1CCCCC1. The highest BCUT2D eigenvalue weighted by molar-refractivity contribution is 8.00. The third kappa shape index (κ3) is 4.51. The van der Waals surface area contributed by atoms with Gasteiger partial charge in [-0.1, -0.05) is 49.6 Å². The lowest BCUT2D eigenvalue weighted by Gasteiger charge is -2.22. The Morgan fingerprint density at radius 2 is 1.87 bits per heavy atom. The number of nitrogens with one attached hydrogen (secondary N) is 1. The Bertz CT molecular complexity index is 663. The lowest BCUT2D eigenvalue weighted by atomic mass is 9.89. The van der Waals surface area contributed by atoms with Crippen molar-refractivity contribution in [1.82, 2.24) is 5.32 Å². The molecular weight excluding hydrogens is 302 g/mol. The first-order valence-corrected chi connectivity index (χ1v) is 9.53. The van der Waals surface area contributed by atoms with Gasteiger partial charge in [0, 0.05) is 11.4 Å². The molecule has 0 aromatic heterocycles. The van der Waals surface area contributed by atoms with Gasteiger partial charge in [0.15, 0.2) is 0 Å². The van der Waals surface area contributed by atoms with Gasteiger partial charge in [-0.15, -0.1) is 11.8 Å². The molecule has 1 amide bonds. The number of hydrogen-bond acceptors (Lipinski definition) is 2. The van der Waals surface area contributed by atoms with Crippen LogP contribution in [0.5, 0.6) is 0 Å². The Morgan fingerprint density at radius 1 is 1.13 bits per heavy atom. The predicted octanol–water partition coefficient (Wildman–Crippen LogP) is 5.02. The maximum Gasteiger partial charge on any atom is 0.233 e. The van der Waals surface area contributed by atoms with E-state index in [1.54, 1.807) is 11.8 Å². The van der Waals surface area contributed by atoms with E-state index in [2.05, 4.69) is 47.8 Å². The monoisotopic (exact) mass is 327 g/mol. The topological polar surface area (TPSA) is 29.1 Å². The second kappa shape index (κ2) is 7.87. The van der Waals surface area contributed by atoms with Crippen LogP contribution < -0.4 is 5.32 Å². The fourth-order valence-corrected chi connectivity index (χ4v) is 4.22. The van der Waals surface area contributed by atoms with E-state index < -0.39 is 0 Å². The zero-order valence-electron chi connectivity index (χ0n) is 13.8. The van der Waals surface area contributed by atoms with Gasteiger partial charge in [0.2, 0.25) is 5.91 Å². The van der Waals surface area contributed by atoms with Crippen LogP contribution in [0, 0.1) is 5.92 Å². The summed E-state index contributed by atoms with van der Waals surface area (Å²) in [4.78, 5) is 13.5. The molecule has 2 aromatic rings. The van der Waals surface area contributed by atoms with Crippen molar-refractivity contribution in [2.24, 2.45) is 5.92 Å². The van der Waals surface area contributed by atoms with Crippen LogP contribution >= 0.6 is 11.8 Å². The van der Waals surface area contributed by atoms with E-state index in [0.29, 0.717) is 5.92 Å². The van der Waals surface area contributed by atoms with Crippen LogP contribution in [0.15, 0.2) is 47.4 Å². The van der Waals surface area contributed by atoms with Crippen LogP contribution in [0.2, 0.25) is 0 Å². The predicted molar refractivity (Wildman–Crippen MR) is 98.9 cm³/mol. The third-order valence-electron chi connectivity index (χ3n) is 4.69. The molecule has 1 aliphatic carbocycles. The molecule has 1 saturated carbocycles. The summed E-state index contributed by atoms with van der Waals surface area (Å²) >= 11 is 1.64. The van der Waals surface area contributed by atoms with Crippen LogP contribution in [0.25, 0.3) is 10.8 Å². The highest BCUT2D eigenvalue weighted by Gasteiger charge is 2.18. The fraction of sp³-hybridized carbons (Fsp3) is 0.450. The van der Waals surface area contributed by atoms with Crippen molar-refractivity contribution in [3.05, 3.63) is 42.5 Å². The van der Waals surface area contributed by atoms with Crippen LogP contribution in [0.4, 0.5) is 0 Å². The molecule has 1 N–H and O–H groups in total. The Hall–Kier alpha value is -1.48. The molecule has 0 aliphatic heterocycles. The Balaban J connectivity index is 1.54. The zero-order valence-corrected chi connectivity index (χ0v) is 14.6. The number of carbonyl (C=O) groups is 1. The summed E-state index contributed by atoms with van der Waals surface area (Å²) in [6, 6.07) is 14.7. The molecule has 3 heteroatoms. The van der Waals surface area contributed by atoms with Gasteiger partial charge >= 0.3 is 0 Å². The average Bonchev–Trinajstić information content (AvgIpc) is 2.60. The Labute approximate surface area is 143 Å². The number of amides is 1. The molecule has 0 bridgehead atoms. The molecule has 0 saturated heterocycles. The second-order valence-corrected chi connectivity index (χ2v) is 7.93. The highest BCUT2D eigenvalue weighted by Crippen LogP contribution is 2.27. The molecule has 1 aliphatic rings. The van der Waals surface area contributed by atoms with Crippen molar-refractivity contribution in [2.75, 3.05) is 6.54 Å². The number of benzene rings is 2. The largest absolute Gasteiger partial charge is 0.355 e.